The number of carbonyl (C=O) groups is 2. The Morgan fingerprint density at radius 2 is 1.60 bits per heavy atom. The topological polar surface area (TPSA) is 52.6 Å². The summed E-state index contributed by atoms with van der Waals surface area (Å²) in [6.45, 7) is 2.18. The van der Waals surface area contributed by atoms with Gasteiger partial charge in [0.1, 0.15) is 17.3 Å². The molecule has 0 heterocycles. The van der Waals surface area contributed by atoms with Gasteiger partial charge in [-0.05, 0) is 68.0 Å². The fourth-order valence-electron chi connectivity index (χ4n) is 3.71. The molecule has 1 fully saturated rings. The molecule has 0 aliphatic heterocycles. The minimum atomic E-state index is -0.711. The molecule has 0 aromatic heterocycles. The van der Waals surface area contributed by atoms with Gasteiger partial charge in [0.25, 0.3) is 0 Å². The molecule has 0 N–H and O–H groups in total. The Morgan fingerprint density at radius 1 is 0.967 bits per heavy atom. The van der Waals surface area contributed by atoms with Crippen LogP contribution >= 0.6 is 23.2 Å². The highest BCUT2D eigenvalue weighted by molar-refractivity contribution is 6.33. The minimum absolute atomic E-state index is 0.0198. The van der Waals surface area contributed by atoms with Crippen LogP contribution < -0.4 is 9.47 Å². The number of benzene rings is 2. The maximum atomic E-state index is 13.1. The van der Waals surface area contributed by atoms with Gasteiger partial charge >= 0.3 is 11.9 Å². The number of esters is 2. The molecule has 160 valence electrons. The second-order valence-corrected chi connectivity index (χ2v) is 8.35. The van der Waals surface area contributed by atoms with E-state index >= 15 is 0 Å². The third-order valence-corrected chi connectivity index (χ3v) is 5.94. The molecular formula is C23H23Cl2FO4. The smallest absolute Gasteiger partial charge is 0.343 e. The number of hydrogen-bond acceptors (Lipinski definition) is 4. The monoisotopic (exact) mass is 452 g/mol. The molecule has 0 radical (unpaired) electrons. The number of ether oxygens (including phenoxy) is 2. The van der Waals surface area contributed by atoms with E-state index in [1.54, 1.807) is 0 Å². The summed E-state index contributed by atoms with van der Waals surface area (Å²) in [7, 11) is 0. The summed E-state index contributed by atoms with van der Waals surface area (Å²) in [5.74, 6) is -0.727. The van der Waals surface area contributed by atoms with Gasteiger partial charge in [-0.2, -0.15) is 0 Å². The Balaban J connectivity index is 1.61. The number of hydrogen-bond donors (Lipinski definition) is 0. The van der Waals surface area contributed by atoms with Crippen LogP contribution in [0.2, 0.25) is 10.0 Å². The van der Waals surface area contributed by atoms with E-state index in [2.05, 4.69) is 6.92 Å². The first kappa shape index (κ1) is 22.6. The molecular weight excluding hydrogens is 430 g/mol. The maximum absolute atomic E-state index is 13.1. The molecule has 0 atom stereocenters. The van der Waals surface area contributed by atoms with E-state index in [1.807, 2.05) is 0 Å². The van der Waals surface area contributed by atoms with E-state index in [9.17, 15) is 14.0 Å². The van der Waals surface area contributed by atoms with Crippen molar-refractivity contribution in [2.24, 2.45) is 11.8 Å². The van der Waals surface area contributed by atoms with Crippen LogP contribution in [0.25, 0.3) is 0 Å². The van der Waals surface area contributed by atoms with Crippen molar-refractivity contribution in [1.29, 1.82) is 0 Å². The van der Waals surface area contributed by atoms with Gasteiger partial charge in [-0.25, -0.2) is 9.18 Å². The van der Waals surface area contributed by atoms with Crippen LogP contribution in [0.3, 0.4) is 0 Å². The van der Waals surface area contributed by atoms with E-state index in [4.69, 9.17) is 32.7 Å². The highest BCUT2D eigenvalue weighted by Crippen LogP contribution is 2.34. The zero-order valence-corrected chi connectivity index (χ0v) is 18.1. The van der Waals surface area contributed by atoms with E-state index in [-0.39, 0.29) is 39.0 Å². The van der Waals surface area contributed by atoms with Crippen LogP contribution in [-0.2, 0) is 4.79 Å². The predicted molar refractivity (Wildman–Crippen MR) is 114 cm³/mol. The van der Waals surface area contributed by atoms with Crippen LogP contribution in [0.5, 0.6) is 11.5 Å². The Labute approximate surface area is 185 Å². The van der Waals surface area contributed by atoms with Gasteiger partial charge in [0.05, 0.1) is 21.5 Å². The number of carbonyl (C=O) groups excluding carboxylic acids is 2. The van der Waals surface area contributed by atoms with Crippen LogP contribution in [0.4, 0.5) is 4.39 Å². The molecule has 0 amide bonds. The summed E-state index contributed by atoms with van der Waals surface area (Å²) in [4.78, 5) is 24.8. The highest BCUT2D eigenvalue weighted by Gasteiger charge is 2.28. The van der Waals surface area contributed by atoms with Crippen molar-refractivity contribution in [2.75, 3.05) is 0 Å². The van der Waals surface area contributed by atoms with Crippen molar-refractivity contribution in [3.8, 4) is 11.5 Å². The first-order valence-electron chi connectivity index (χ1n) is 10.1. The fraction of sp³-hybridized carbons (Fsp3) is 0.391. The van der Waals surface area contributed by atoms with Crippen LogP contribution in [-0.4, -0.2) is 11.9 Å². The first-order chi connectivity index (χ1) is 14.4. The van der Waals surface area contributed by atoms with Crippen molar-refractivity contribution in [3.05, 3.63) is 57.8 Å². The maximum Gasteiger partial charge on any atom is 0.343 e. The zero-order chi connectivity index (χ0) is 21.7. The normalized spacial score (nSPS) is 18.7. The molecule has 2 aromatic carbocycles. The van der Waals surface area contributed by atoms with Crippen molar-refractivity contribution in [3.63, 3.8) is 0 Å². The average Bonchev–Trinajstić information content (AvgIpc) is 2.72. The Kier molecular flexibility index (Phi) is 7.73. The molecule has 1 aliphatic carbocycles. The largest absolute Gasteiger partial charge is 0.425 e. The summed E-state index contributed by atoms with van der Waals surface area (Å²) in [6, 6.07) is 7.73. The molecule has 3 rings (SSSR count). The molecule has 0 spiro atoms. The third-order valence-electron chi connectivity index (χ3n) is 5.35. The van der Waals surface area contributed by atoms with Gasteiger partial charge < -0.3 is 9.47 Å². The van der Waals surface area contributed by atoms with Crippen molar-refractivity contribution < 1.29 is 23.5 Å². The van der Waals surface area contributed by atoms with Crippen molar-refractivity contribution in [2.45, 2.75) is 45.4 Å². The summed E-state index contributed by atoms with van der Waals surface area (Å²) in [5.41, 5.74) is 0.153. The van der Waals surface area contributed by atoms with Crippen LogP contribution in [0, 0.1) is 17.7 Å². The first-order valence-corrected chi connectivity index (χ1v) is 10.8. The van der Waals surface area contributed by atoms with Crippen molar-refractivity contribution >= 4 is 35.1 Å². The Hall–Kier alpha value is -2.11. The van der Waals surface area contributed by atoms with Gasteiger partial charge in [-0.15, -0.1) is 0 Å². The van der Waals surface area contributed by atoms with Gasteiger partial charge in [-0.3, -0.25) is 4.79 Å². The second-order valence-electron chi connectivity index (χ2n) is 7.54. The minimum Gasteiger partial charge on any atom is -0.425 e. The zero-order valence-electron chi connectivity index (χ0n) is 16.6. The molecule has 1 aliphatic rings. The van der Waals surface area contributed by atoms with E-state index in [1.165, 1.54) is 30.7 Å². The lowest BCUT2D eigenvalue weighted by molar-refractivity contribution is -0.140. The number of rotatable bonds is 6. The predicted octanol–water partition coefficient (Wildman–Crippen LogP) is 6.86. The molecule has 4 nitrogen and oxygen atoms in total. The van der Waals surface area contributed by atoms with Crippen LogP contribution in [0.15, 0.2) is 36.4 Å². The standard InChI is InChI=1S/C23H23Cl2FO4/c1-2-3-14-4-6-15(7-5-14)22(27)29-20-10-8-16(12-18(20)24)23(28)30-21-11-9-17(26)13-19(21)25/h8-15H,2-7H2,1H3/t14-,15-. The van der Waals surface area contributed by atoms with Gasteiger partial charge in [0, 0.05) is 0 Å². The van der Waals surface area contributed by atoms with E-state index in [0.29, 0.717) is 5.92 Å². The lowest BCUT2D eigenvalue weighted by Gasteiger charge is -2.26. The molecule has 0 saturated heterocycles. The highest BCUT2D eigenvalue weighted by atomic mass is 35.5. The summed E-state index contributed by atoms with van der Waals surface area (Å²) in [5, 5.41) is 0.108. The van der Waals surface area contributed by atoms with E-state index < -0.39 is 11.8 Å². The third kappa shape index (κ3) is 5.73. The van der Waals surface area contributed by atoms with Crippen molar-refractivity contribution in [1.82, 2.24) is 0 Å². The Bertz CT molecular complexity index is 923. The van der Waals surface area contributed by atoms with Gasteiger partial charge in [0.2, 0.25) is 0 Å². The lowest BCUT2D eigenvalue weighted by atomic mass is 9.80. The molecule has 7 heteroatoms. The van der Waals surface area contributed by atoms with Gasteiger partial charge in [-0.1, -0.05) is 43.0 Å². The second kappa shape index (κ2) is 10.3. The lowest BCUT2D eigenvalue weighted by Crippen LogP contribution is -2.25. The molecule has 0 bridgehead atoms. The van der Waals surface area contributed by atoms with Gasteiger partial charge in [0.15, 0.2) is 0 Å². The Morgan fingerprint density at radius 3 is 2.23 bits per heavy atom. The molecule has 1 saturated carbocycles. The number of halogens is 3. The quantitative estimate of drug-likeness (QED) is 0.354. The SMILES string of the molecule is CCC[C@H]1CC[C@H](C(=O)Oc2ccc(C(=O)Oc3ccc(F)cc3Cl)cc2Cl)CC1. The molecule has 0 unspecified atom stereocenters. The fourth-order valence-corrected chi connectivity index (χ4v) is 4.14. The summed E-state index contributed by atoms with van der Waals surface area (Å²) < 4.78 is 23.8. The summed E-state index contributed by atoms with van der Waals surface area (Å²) in [6.07, 6.45) is 6.09. The molecule has 30 heavy (non-hydrogen) atoms. The molecule has 2 aromatic rings. The van der Waals surface area contributed by atoms with E-state index in [0.717, 1.165) is 44.2 Å². The summed E-state index contributed by atoms with van der Waals surface area (Å²) >= 11 is 12.1. The van der Waals surface area contributed by atoms with Crippen LogP contribution in [0.1, 0.15) is 55.8 Å². The average molecular weight is 453 g/mol.